The van der Waals surface area contributed by atoms with E-state index in [-0.39, 0.29) is 5.69 Å². The fourth-order valence-corrected chi connectivity index (χ4v) is 3.86. The maximum Gasteiger partial charge on any atom is 0.343 e. The topological polar surface area (TPSA) is 124 Å². The predicted molar refractivity (Wildman–Crippen MR) is 147 cm³/mol. The van der Waals surface area contributed by atoms with Gasteiger partial charge >= 0.3 is 17.8 Å². The first-order chi connectivity index (χ1) is 18.7. The standard InChI is InChI=1S/C29H27N5O5/c1-18-10-8-9-13-24(18)29(38)39-23-16-14-21(15-17-23)19(2)31-32-27(36)26(35)30-25-20(3)33(4)34(28(25)37)22-11-6-5-7-12-22/h5-17H,1-4H3,(H,30,35)(H,32,36)/b31-19+. The number of carbonyl (C=O) groups is 3. The molecule has 3 aromatic carbocycles. The molecule has 39 heavy (non-hydrogen) atoms. The summed E-state index contributed by atoms with van der Waals surface area (Å²) in [7, 11) is 1.68. The third kappa shape index (κ3) is 5.85. The fourth-order valence-electron chi connectivity index (χ4n) is 3.86. The van der Waals surface area contributed by atoms with Crippen LogP contribution >= 0.6 is 0 Å². The van der Waals surface area contributed by atoms with Gasteiger partial charge in [0.1, 0.15) is 11.4 Å². The Hall–Kier alpha value is -5.25. The zero-order chi connectivity index (χ0) is 28.1. The first-order valence-corrected chi connectivity index (χ1v) is 12.0. The molecule has 0 unspecified atom stereocenters. The van der Waals surface area contributed by atoms with Gasteiger partial charge in [0.2, 0.25) is 0 Å². The van der Waals surface area contributed by atoms with Crippen molar-refractivity contribution in [3.05, 3.63) is 112 Å². The summed E-state index contributed by atoms with van der Waals surface area (Å²) in [6, 6.07) is 22.6. The van der Waals surface area contributed by atoms with Gasteiger partial charge in [0, 0.05) is 7.05 Å². The van der Waals surface area contributed by atoms with Gasteiger partial charge in [-0.05, 0) is 74.4 Å². The molecule has 10 nitrogen and oxygen atoms in total. The van der Waals surface area contributed by atoms with Crippen molar-refractivity contribution in [2.24, 2.45) is 12.1 Å². The number of benzene rings is 3. The summed E-state index contributed by atoms with van der Waals surface area (Å²) in [5, 5.41) is 6.37. The average Bonchev–Trinajstić information content (AvgIpc) is 3.15. The molecule has 10 heteroatoms. The highest BCUT2D eigenvalue weighted by molar-refractivity contribution is 6.39. The second kappa shape index (κ2) is 11.4. The zero-order valence-corrected chi connectivity index (χ0v) is 21.9. The average molecular weight is 526 g/mol. The minimum absolute atomic E-state index is 0.00182. The van der Waals surface area contributed by atoms with Crippen LogP contribution in [-0.4, -0.2) is 32.9 Å². The number of nitrogens with one attached hydrogen (secondary N) is 2. The number of rotatable bonds is 6. The van der Waals surface area contributed by atoms with Gasteiger partial charge in [0.15, 0.2) is 0 Å². The molecule has 2 N–H and O–H groups in total. The number of hydrogen-bond donors (Lipinski definition) is 2. The zero-order valence-electron chi connectivity index (χ0n) is 21.9. The monoisotopic (exact) mass is 525 g/mol. The lowest BCUT2D eigenvalue weighted by Crippen LogP contribution is -2.34. The van der Waals surface area contributed by atoms with Crippen LogP contribution in [0.3, 0.4) is 0 Å². The van der Waals surface area contributed by atoms with Gasteiger partial charge in [-0.2, -0.15) is 5.10 Å². The van der Waals surface area contributed by atoms with Crippen molar-refractivity contribution in [1.82, 2.24) is 14.8 Å². The molecule has 0 aliphatic heterocycles. The number of esters is 1. The minimum Gasteiger partial charge on any atom is -0.423 e. The van der Waals surface area contributed by atoms with Gasteiger partial charge < -0.3 is 10.1 Å². The molecule has 0 aliphatic rings. The van der Waals surface area contributed by atoms with Crippen LogP contribution in [-0.2, 0) is 16.6 Å². The number of anilines is 1. The van der Waals surface area contributed by atoms with E-state index in [4.69, 9.17) is 4.74 Å². The summed E-state index contributed by atoms with van der Waals surface area (Å²) in [5.41, 5.74) is 5.17. The summed E-state index contributed by atoms with van der Waals surface area (Å²) < 4.78 is 8.42. The molecule has 1 aromatic heterocycles. The van der Waals surface area contributed by atoms with E-state index in [1.807, 2.05) is 25.1 Å². The summed E-state index contributed by atoms with van der Waals surface area (Å²) >= 11 is 0. The van der Waals surface area contributed by atoms with Crippen LogP contribution in [0.4, 0.5) is 5.69 Å². The number of hydrazone groups is 1. The highest BCUT2D eigenvalue weighted by Crippen LogP contribution is 2.17. The number of aryl methyl sites for hydroxylation is 1. The van der Waals surface area contributed by atoms with Crippen molar-refractivity contribution < 1.29 is 19.1 Å². The van der Waals surface area contributed by atoms with Crippen molar-refractivity contribution in [3.63, 3.8) is 0 Å². The molecule has 0 saturated heterocycles. The number of ether oxygens (including phenoxy) is 1. The van der Waals surface area contributed by atoms with Crippen molar-refractivity contribution in [3.8, 4) is 11.4 Å². The Balaban J connectivity index is 1.39. The lowest BCUT2D eigenvalue weighted by molar-refractivity contribution is -0.136. The normalized spacial score (nSPS) is 11.1. The van der Waals surface area contributed by atoms with Gasteiger partial charge in [0.05, 0.1) is 22.7 Å². The maximum absolute atomic E-state index is 12.9. The lowest BCUT2D eigenvalue weighted by Gasteiger charge is -2.08. The molecule has 1 heterocycles. The van der Waals surface area contributed by atoms with E-state index < -0.39 is 23.3 Å². The largest absolute Gasteiger partial charge is 0.423 e. The molecule has 2 amide bonds. The van der Waals surface area contributed by atoms with E-state index in [2.05, 4.69) is 15.8 Å². The highest BCUT2D eigenvalue weighted by Gasteiger charge is 2.21. The minimum atomic E-state index is -1.04. The van der Waals surface area contributed by atoms with Gasteiger partial charge in [-0.25, -0.2) is 14.9 Å². The number of carbonyl (C=O) groups excluding carboxylic acids is 3. The van der Waals surface area contributed by atoms with Crippen LogP contribution in [0.1, 0.15) is 34.1 Å². The molecule has 198 valence electrons. The third-order valence-corrected chi connectivity index (χ3v) is 6.17. The van der Waals surface area contributed by atoms with Crippen LogP contribution < -0.4 is 21.0 Å². The highest BCUT2D eigenvalue weighted by atomic mass is 16.5. The Morgan fingerprint density at radius 1 is 0.846 bits per heavy atom. The molecule has 0 aliphatic carbocycles. The molecule has 4 rings (SSSR count). The van der Waals surface area contributed by atoms with Crippen LogP contribution in [0.15, 0.2) is 88.8 Å². The van der Waals surface area contributed by atoms with Gasteiger partial charge in [-0.15, -0.1) is 0 Å². The van der Waals surface area contributed by atoms with Crippen LogP contribution in [0.25, 0.3) is 5.69 Å². The molecule has 0 bridgehead atoms. The Bertz CT molecular complexity index is 1630. The lowest BCUT2D eigenvalue weighted by atomic mass is 10.1. The molecule has 0 fully saturated rings. The first kappa shape index (κ1) is 26.8. The fraction of sp³-hybridized carbons (Fsp3) is 0.138. The second-order valence-electron chi connectivity index (χ2n) is 8.76. The predicted octanol–water partition coefficient (Wildman–Crippen LogP) is 3.49. The molecular formula is C29H27N5O5. The van der Waals surface area contributed by atoms with Crippen LogP contribution in [0.2, 0.25) is 0 Å². The van der Waals surface area contributed by atoms with E-state index in [9.17, 15) is 19.2 Å². The van der Waals surface area contributed by atoms with Crippen molar-refractivity contribution >= 4 is 29.2 Å². The number of aromatic nitrogens is 2. The summed E-state index contributed by atoms with van der Waals surface area (Å²) in [6.45, 7) is 5.14. The van der Waals surface area contributed by atoms with Gasteiger partial charge in [-0.3, -0.25) is 19.1 Å². The molecule has 0 atom stereocenters. The Morgan fingerprint density at radius 3 is 2.15 bits per heavy atom. The van der Waals surface area contributed by atoms with E-state index in [0.29, 0.717) is 34.0 Å². The van der Waals surface area contributed by atoms with Crippen molar-refractivity contribution in [2.75, 3.05) is 5.32 Å². The smallest absolute Gasteiger partial charge is 0.343 e. The second-order valence-corrected chi connectivity index (χ2v) is 8.76. The van der Waals surface area contributed by atoms with E-state index in [0.717, 1.165) is 5.56 Å². The van der Waals surface area contributed by atoms with E-state index in [1.165, 1.54) is 4.68 Å². The van der Waals surface area contributed by atoms with Crippen LogP contribution in [0.5, 0.6) is 5.75 Å². The van der Waals surface area contributed by atoms with Gasteiger partial charge in [0.25, 0.3) is 5.56 Å². The first-order valence-electron chi connectivity index (χ1n) is 12.0. The van der Waals surface area contributed by atoms with Gasteiger partial charge in [-0.1, -0.05) is 36.4 Å². The summed E-state index contributed by atoms with van der Waals surface area (Å²) in [6.07, 6.45) is 0. The number of nitrogens with zero attached hydrogens (tertiary/aromatic N) is 3. The molecule has 4 aromatic rings. The summed E-state index contributed by atoms with van der Waals surface area (Å²) in [5.74, 6) is -2.18. The molecule has 0 saturated carbocycles. The molecule has 0 radical (unpaired) electrons. The Kier molecular flexibility index (Phi) is 7.85. The molecule has 0 spiro atoms. The quantitative estimate of drug-likeness (QED) is 0.131. The summed E-state index contributed by atoms with van der Waals surface area (Å²) in [4.78, 5) is 50.3. The maximum atomic E-state index is 12.9. The van der Waals surface area contributed by atoms with E-state index in [1.54, 1.807) is 86.2 Å². The third-order valence-electron chi connectivity index (χ3n) is 6.17. The van der Waals surface area contributed by atoms with Crippen molar-refractivity contribution in [2.45, 2.75) is 20.8 Å². The Labute approximate surface area is 224 Å². The Morgan fingerprint density at radius 2 is 1.49 bits per heavy atom. The van der Waals surface area contributed by atoms with Crippen LogP contribution in [0, 0.1) is 13.8 Å². The SMILES string of the molecule is C/C(=N\NC(=O)C(=O)Nc1c(C)n(C)n(-c2ccccc2)c1=O)c1ccc(OC(=O)c2ccccc2C)cc1. The number of amides is 2. The number of para-hydroxylation sites is 1. The number of hydrogen-bond acceptors (Lipinski definition) is 6. The van der Waals surface area contributed by atoms with Crippen molar-refractivity contribution in [1.29, 1.82) is 0 Å². The van der Waals surface area contributed by atoms with E-state index >= 15 is 0 Å². The molecular weight excluding hydrogens is 498 g/mol.